The summed E-state index contributed by atoms with van der Waals surface area (Å²) in [5.74, 6) is 0. The van der Waals surface area contributed by atoms with Crippen LogP contribution in [0.2, 0.25) is 0 Å². The van der Waals surface area contributed by atoms with Crippen molar-refractivity contribution in [2.75, 3.05) is 13.2 Å². The molecule has 0 amide bonds. The van der Waals surface area contributed by atoms with E-state index >= 15 is 0 Å². The third-order valence-corrected chi connectivity index (χ3v) is 0.175. The maximum atomic E-state index is 9.24. The van der Waals surface area contributed by atoms with E-state index in [1.165, 1.54) is 0 Å². The van der Waals surface area contributed by atoms with Crippen LogP contribution in [-0.2, 0) is 4.89 Å². The molecule has 0 aromatic heterocycles. The van der Waals surface area contributed by atoms with Crippen LogP contribution in [0, 0.1) is 0 Å². The van der Waals surface area contributed by atoms with E-state index in [-0.39, 0.29) is 13.2 Å². The molecule has 1 N–H and O–H groups in total. The summed E-state index contributed by atoms with van der Waals surface area (Å²) >= 11 is 0. The topological polar surface area (TPSA) is 52.5 Å². The molecule has 0 aliphatic heterocycles. The fourth-order valence-corrected chi connectivity index (χ4v) is 0.0373. The summed E-state index contributed by atoms with van der Waals surface area (Å²) in [6, 6.07) is 0. The molecule has 3 heteroatoms. The largest absolute Gasteiger partial charge is 0.853 e. The van der Waals surface area contributed by atoms with Crippen molar-refractivity contribution in [1.29, 1.82) is 0 Å². The van der Waals surface area contributed by atoms with Crippen LogP contribution in [0.15, 0.2) is 0 Å². The van der Waals surface area contributed by atoms with Gasteiger partial charge in [0.1, 0.15) is 0 Å². The highest BCUT2D eigenvalue weighted by Gasteiger charge is 1.60. The van der Waals surface area contributed by atoms with Crippen molar-refractivity contribution in [2.24, 2.45) is 0 Å². The van der Waals surface area contributed by atoms with Crippen LogP contribution in [0.1, 0.15) is 0 Å². The second-order valence-electron chi connectivity index (χ2n) is 0.537. The van der Waals surface area contributed by atoms with Gasteiger partial charge in [-0.2, -0.15) is 0 Å². The molecule has 0 fully saturated rings. The SMILES string of the molecule is [O-]CCOO. The first-order valence-electron chi connectivity index (χ1n) is 1.26. The van der Waals surface area contributed by atoms with Gasteiger partial charge in [-0.3, -0.25) is 5.26 Å². The van der Waals surface area contributed by atoms with Crippen LogP contribution in [-0.4, -0.2) is 18.5 Å². The van der Waals surface area contributed by atoms with E-state index in [4.69, 9.17) is 5.26 Å². The smallest absolute Gasteiger partial charge is 0.0667 e. The Kier molecular flexibility index (Phi) is 3.79. The van der Waals surface area contributed by atoms with E-state index in [9.17, 15) is 5.11 Å². The van der Waals surface area contributed by atoms with E-state index in [2.05, 4.69) is 4.89 Å². The molecular formula is C2H5O3-. The van der Waals surface area contributed by atoms with Gasteiger partial charge < -0.3 is 5.11 Å². The molecule has 0 aromatic carbocycles. The monoisotopic (exact) mass is 77.0 g/mol. The lowest BCUT2D eigenvalue weighted by Gasteiger charge is -1.94. The lowest BCUT2D eigenvalue weighted by molar-refractivity contribution is -0.394. The Morgan fingerprint density at radius 3 is 2.40 bits per heavy atom. The zero-order valence-electron chi connectivity index (χ0n) is 2.68. The molecule has 0 saturated carbocycles. The third kappa shape index (κ3) is 3.88. The second kappa shape index (κ2) is 3.88. The summed E-state index contributed by atoms with van der Waals surface area (Å²) in [6.45, 7) is -0.490. The van der Waals surface area contributed by atoms with Crippen LogP contribution in [0.3, 0.4) is 0 Å². The lowest BCUT2D eigenvalue weighted by atomic mass is 10.8. The fraction of sp³-hybridized carbons (Fsp3) is 1.00. The van der Waals surface area contributed by atoms with Crippen LogP contribution >= 0.6 is 0 Å². The van der Waals surface area contributed by atoms with Crippen molar-refractivity contribution in [1.82, 2.24) is 0 Å². The summed E-state index contributed by atoms with van der Waals surface area (Å²) in [4.78, 5) is 3.38. The molecule has 0 aliphatic carbocycles. The molecule has 0 heterocycles. The van der Waals surface area contributed by atoms with E-state index in [0.29, 0.717) is 0 Å². The lowest BCUT2D eigenvalue weighted by Crippen LogP contribution is -2.11. The predicted molar refractivity (Wildman–Crippen MR) is 13.4 cm³/mol. The quantitative estimate of drug-likeness (QED) is 0.334. The average Bonchev–Trinajstić information content (AvgIpc) is 1.41. The van der Waals surface area contributed by atoms with Crippen molar-refractivity contribution >= 4 is 0 Å². The Morgan fingerprint density at radius 2 is 2.40 bits per heavy atom. The zero-order chi connectivity index (χ0) is 4.12. The molecule has 32 valence electrons. The Balaban J connectivity index is 2.19. The summed E-state index contributed by atoms with van der Waals surface area (Å²) in [7, 11) is 0. The van der Waals surface area contributed by atoms with Gasteiger partial charge >= 0.3 is 0 Å². The van der Waals surface area contributed by atoms with Crippen molar-refractivity contribution in [3.05, 3.63) is 0 Å². The summed E-state index contributed by atoms with van der Waals surface area (Å²) in [6.07, 6.45) is 0. The molecule has 0 radical (unpaired) electrons. The Morgan fingerprint density at radius 1 is 1.80 bits per heavy atom. The maximum absolute atomic E-state index is 9.24. The molecule has 0 aromatic rings. The molecule has 3 nitrogen and oxygen atoms in total. The van der Waals surface area contributed by atoms with Gasteiger partial charge in [0.15, 0.2) is 0 Å². The molecule has 0 saturated heterocycles. The molecule has 0 bridgehead atoms. The van der Waals surface area contributed by atoms with Gasteiger partial charge in [0.2, 0.25) is 0 Å². The molecular weight excluding hydrogens is 72.0 g/mol. The van der Waals surface area contributed by atoms with Crippen molar-refractivity contribution in [3.63, 3.8) is 0 Å². The van der Waals surface area contributed by atoms with Crippen LogP contribution < -0.4 is 5.11 Å². The zero-order valence-corrected chi connectivity index (χ0v) is 2.68. The van der Waals surface area contributed by atoms with E-state index in [0.717, 1.165) is 0 Å². The predicted octanol–water partition coefficient (Wildman–Crippen LogP) is -1.16. The fourth-order valence-electron chi connectivity index (χ4n) is 0.0373. The van der Waals surface area contributed by atoms with E-state index in [1.54, 1.807) is 0 Å². The maximum Gasteiger partial charge on any atom is 0.0667 e. The van der Waals surface area contributed by atoms with Crippen molar-refractivity contribution < 1.29 is 15.3 Å². The first-order valence-corrected chi connectivity index (χ1v) is 1.26. The van der Waals surface area contributed by atoms with Crippen LogP contribution in [0.25, 0.3) is 0 Å². The van der Waals surface area contributed by atoms with E-state index < -0.39 is 0 Å². The van der Waals surface area contributed by atoms with Gasteiger partial charge in [-0.25, -0.2) is 4.89 Å². The van der Waals surface area contributed by atoms with Gasteiger partial charge in [-0.1, -0.05) is 0 Å². The Hall–Kier alpha value is -0.120. The molecule has 0 spiro atoms. The molecule has 0 unspecified atom stereocenters. The van der Waals surface area contributed by atoms with Gasteiger partial charge in [-0.15, -0.1) is 6.61 Å². The van der Waals surface area contributed by atoms with Crippen LogP contribution in [0.5, 0.6) is 0 Å². The number of rotatable bonds is 2. The second-order valence-corrected chi connectivity index (χ2v) is 0.537. The highest BCUT2D eigenvalue weighted by atomic mass is 17.1. The Labute approximate surface area is 29.7 Å². The third-order valence-electron chi connectivity index (χ3n) is 0.175. The van der Waals surface area contributed by atoms with Gasteiger partial charge in [0.05, 0.1) is 6.61 Å². The molecule has 0 aliphatic rings. The number of hydrogen-bond donors (Lipinski definition) is 1. The highest BCUT2D eigenvalue weighted by Crippen LogP contribution is 1.51. The van der Waals surface area contributed by atoms with Crippen molar-refractivity contribution in [2.45, 2.75) is 0 Å². The highest BCUT2D eigenvalue weighted by molar-refractivity contribution is 4.07. The standard InChI is InChI=1S/C2H5O3/c3-1-2-5-4/h4H,1-2H2/q-1. The summed E-state index contributed by atoms with van der Waals surface area (Å²) in [5.41, 5.74) is 0. The summed E-state index contributed by atoms with van der Waals surface area (Å²) in [5, 5.41) is 16.6. The molecule has 0 rings (SSSR count). The average molecular weight is 77.1 g/mol. The van der Waals surface area contributed by atoms with Gasteiger partial charge in [0, 0.05) is 0 Å². The minimum Gasteiger partial charge on any atom is -0.853 e. The first kappa shape index (κ1) is 4.88. The minimum absolute atomic E-state index is 0.111. The first-order chi connectivity index (χ1) is 2.41. The van der Waals surface area contributed by atoms with Gasteiger partial charge in [0.25, 0.3) is 0 Å². The molecule has 5 heavy (non-hydrogen) atoms. The van der Waals surface area contributed by atoms with E-state index in [1.807, 2.05) is 0 Å². The minimum atomic E-state index is -0.378. The normalized spacial score (nSPS) is 8.40. The van der Waals surface area contributed by atoms with Gasteiger partial charge in [-0.05, 0) is 0 Å². The number of hydrogen-bond acceptors (Lipinski definition) is 3. The van der Waals surface area contributed by atoms with Crippen molar-refractivity contribution in [3.8, 4) is 0 Å². The molecule has 0 atom stereocenters. The summed E-state index contributed by atoms with van der Waals surface area (Å²) < 4.78 is 0. The van der Waals surface area contributed by atoms with Crippen LogP contribution in [0.4, 0.5) is 0 Å². The Bertz CT molecular complexity index is 12.4.